The summed E-state index contributed by atoms with van der Waals surface area (Å²) in [4.78, 5) is 0. The molecule has 0 atom stereocenters. The Labute approximate surface area is 193 Å². The zero-order chi connectivity index (χ0) is 22.0. The van der Waals surface area contributed by atoms with Gasteiger partial charge in [0.15, 0.2) is 0 Å². The Morgan fingerprint density at radius 2 is 1.34 bits per heavy atom. The van der Waals surface area contributed by atoms with Gasteiger partial charge in [-0.25, -0.2) is 0 Å². The van der Waals surface area contributed by atoms with E-state index in [-0.39, 0.29) is 10.8 Å². The lowest BCUT2D eigenvalue weighted by molar-refractivity contribution is 0.625. The highest BCUT2D eigenvalue weighted by atomic mass is 35.5. The van der Waals surface area contributed by atoms with Crippen LogP contribution in [0.15, 0.2) is 72.8 Å². The SMILES string of the molecule is CC1(C)c2cc(Cl)ccc2-c2cc3c(cc21)-n1c2ccccc2c2cccc(c21)C3(C)C. The number of rotatable bonds is 0. The Balaban J connectivity index is 1.67. The molecule has 0 saturated carbocycles. The van der Waals surface area contributed by atoms with Crippen molar-refractivity contribution in [2.75, 3.05) is 0 Å². The maximum atomic E-state index is 6.43. The molecule has 32 heavy (non-hydrogen) atoms. The smallest absolute Gasteiger partial charge is 0.0582 e. The van der Waals surface area contributed by atoms with Crippen molar-refractivity contribution in [1.82, 2.24) is 4.57 Å². The lowest BCUT2D eigenvalue weighted by Gasteiger charge is -2.36. The van der Waals surface area contributed by atoms with Crippen LogP contribution in [0.25, 0.3) is 38.6 Å². The van der Waals surface area contributed by atoms with Crippen molar-refractivity contribution in [3.05, 3.63) is 100 Å². The summed E-state index contributed by atoms with van der Waals surface area (Å²) in [7, 11) is 0. The monoisotopic (exact) mass is 433 g/mol. The summed E-state index contributed by atoms with van der Waals surface area (Å²) in [6.45, 7) is 9.39. The van der Waals surface area contributed by atoms with E-state index < -0.39 is 0 Å². The third-order valence-electron chi connectivity index (χ3n) is 8.04. The van der Waals surface area contributed by atoms with Gasteiger partial charge < -0.3 is 4.57 Å². The van der Waals surface area contributed by atoms with Gasteiger partial charge in [-0.15, -0.1) is 0 Å². The molecule has 0 N–H and O–H groups in total. The van der Waals surface area contributed by atoms with Crippen LogP contribution in [0.3, 0.4) is 0 Å². The van der Waals surface area contributed by atoms with E-state index >= 15 is 0 Å². The molecule has 1 aliphatic heterocycles. The fourth-order valence-electron chi connectivity index (χ4n) is 6.35. The van der Waals surface area contributed by atoms with Gasteiger partial charge in [-0.2, -0.15) is 0 Å². The molecule has 0 bridgehead atoms. The molecule has 7 rings (SSSR count). The molecular formula is C30H24ClN. The normalized spacial score (nSPS) is 16.8. The minimum Gasteiger partial charge on any atom is -0.309 e. The summed E-state index contributed by atoms with van der Waals surface area (Å²) < 4.78 is 2.51. The summed E-state index contributed by atoms with van der Waals surface area (Å²) >= 11 is 6.43. The predicted octanol–water partition coefficient (Wildman–Crippen LogP) is 8.38. The molecule has 0 saturated heterocycles. The number of halogens is 1. The van der Waals surface area contributed by atoms with Crippen LogP contribution in [0.2, 0.25) is 5.02 Å². The summed E-state index contributed by atoms with van der Waals surface area (Å²) in [5, 5.41) is 3.47. The number of aromatic nitrogens is 1. The third kappa shape index (κ3) is 2.02. The van der Waals surface area contributed by atoms with Gasteiger partial charge >= 0.3 is 0 Å². The molecule has 4 aromatic carbocycles. The van der Waals surface area contributed by atoms with E-state index in [9.17, 15) is 0 Å². The quantitative estimate of drug-likeness (QED) is 0.231. The van der Waals surface area contributed by atoms with Crippen molar-refractivity contribution in [1.29, 1.82) is 0 Å². The fraction of sp³-hybridized carbons (Fsp3) is 0.200. The highest BCUT2D eigenvalue weighted by molar-refractivity contribution is 6.30. The van der Waals surface area contributed by atoms with Gasteiger partial charge in [-0.05, 0) is 63.7 Å². The second-order valence-electron chi connectivity index (χ2n) is 10.4. The number of benzene rings is 4. The number of para-hydroxylation sites is 2. The molecule has 0 radical (unpaired) electrons. The highest BCUT2D eigenvalue weighted by Crippen LogP contribution is 2.54. The van der Waals surface area contributed by atoms with Gasteiger partial charge in [0, 0.05) is 26.6 Å². The van der Waals surface area contributed by atoms with Crippen molar-refractivity contribution >= 4 is 33.4 Å². The minimum absolute atomic E-state index is 0.0895. The highest BCUT2D eigenvalue weighted by Gasteiger charge is 2.41. The Morgan fingerprint density at radius 1 is 0.625 bits per heavy atom. The van der Waals surface area contributed by atoms with Crippen LogP contribution in [0.1, 0.15) is 49.9 Å². The van der Waals surface area contributed by atoms with E-state index in [0.717, 1.165) is 5.02 Å². The van der Waals surface area contributed by atoms with E-state index in [1.807, 2.05) is 6.07 Å². The Bertz CT molecular complexity index is 1630. The van der Waals surface area contributed by atoms with Gasteiger partial charge in [0.2, 0.25) is 0 Å². The molecule has 156 valence electrons. The van der Waals surface area contributed by atoms with Crippen LogP contribution in [0, 0.1) is 0 Å². The van der Waals surface area contributed by atoms with Crippen LogP contribution in [-0.4, -0.2) is 4.57 Å². The first-order chi connectivity index (χ1) is 15.3. The Hall–Kier alpha value is -3.03. The standard InChI is InChI=1S/C30H24ClN/c1-29(2)22-10-7-9-20-19-8-5-6-11-26(19)32(28(20)22)27-16-24-21(15-25(27)29)18-13-12-17(31)14-23(18)30(24,3)4/h5-16H,1-4H3. The number of hydrogen-bond donors (Lipinski definition) is 0. The number of hydrogen-bond acceptors (Lipinski definition) is 0. The van der Waals surface area contributed by atoms with Crippen molar-refractivity contribution in [2.24, 2.45) is 0 Å². The van der Waals surface area contributed by atoms with Crippen LogP contribution >= 0.6 is 11.6 Å². The fourth-order valence-corrected chi connectivity index (χ4v) is 6.52. The Morgan fingerprint density at radius 3 is 2.19 bits per heavy atom. The first kappa shape index (κ1) is 18.5. The van der Waals surface area contributed by atoms with Gasteiger partial charge in [-0.3, -0.25) is 0 Å². The molecule has 0 amide bonds. The summed E-state index contributed by atoms with van der Waals surface area (Å²) in [5.41, 5.74) is 11.9. The van der Waals surface area contributed by atoms with Gasteiger partial charge in [0.25, 0.3) is 0 Å². The van der Waals surface area contributed by atoms with Crippen molar-refractivity contribution < 1.29 is 0 Å². The average Bonchev–Trinajstić information content (AvgIpc) is 3.22. The van der Waals surface area contributed by atoms with Crippen molar-refractivity contribution in [3.63, 3.8) is 0 Å². The molecule has 2 heterocycles. The van der Waals surface area contributed by atoms with Crippen molar-refractivity contribution in [3.8, 4) is 16.8 Å². The zero-order valence-electron chi connectivity index (χ0n) is 18.8. The summed E-state index contributed by atoms with van der Waals surface area (Å²) in [5.74, 6) is 0. The lowest BCUT2D eigenvalue weighted by atomic mass is 9.73. The zero-order valence-corrected chi connectivity index (χ0v) is 19.5. The van der Waals surface area contributed by atoms with Crippen LogP contribution in [0.5, 0.6) is 0 Å². The largest absolute Gasteiger partial charge is 0.309 e. The Kier molecular flexibility index (Phi) is 3.28. The van der Waals surface area contributed by atoms with E-state index in [0.29, 0.717) is 0 Å². The topological polar surface area (TPSA) is 4.93 Å². The van der Waals surface area contributed by atoms with E-state index in [1.165, 1.54) is 60.9 Å². The van der Waals surface area contributed by atoms with Crippen LogP contribution < -0.4 is 0 Å². The molecular weight excluding hydrogens is 410 g/mol. The first-order valence-electron chi connectivity index (χ1n) is 11.3. The lowest BCUT2D eigenvalue weighted by Crippen LogP contribution is -2.27. The summed E-state index contributed by atoms with van der Waals surface area (Å²) in [6, 6.07) is 26.9. The van der Waals surface area contributed by atoms with Crippen molar-refractivity contribution in [2.45, 2.75) is 38.5 Å². The molecule has 2 heteroatoms. The van der Waals surface area contributed by atoms with E-state index in [2.05, 4.69) is 99.0 Å². The molecule has 0 fully saturated rings. The number of nitrogens with zero attached hydrogens (tertiary/aromatic N) is 1. The van der Waals surface area contributed by atoms with Gasteiger partial charge in [0.1, 0.15) is 0 Å². The van der Waals surface area contributed by atoms with Gasteiger partial charge in [0.05, 0.1) is 16.7 Å². The molecule has 5 aromatic rings. The van der Waals surface area contributed by atoms with E-state index in [1.54, 1.807) is 0 Å². The molecule has 2 aliphatic rings. The van der Waals surface area contributed by atoms with Crippen LogP contribution in [-0.2, 0) is 10.8 Å². The second-order valence-corrected chi connectivity index (χ2v) is 10.8. The number of fused-ring (bicyclic) bond motifs is 8. The molecule has 1 aliphatic carbocycles. The minimum atomic E-state index is -0.0897. The molecule has 0 unspecified atom stereocenters. The van der Waals surface area contributed by atoms with E-state index in [4.69, 9.17) is 11.6 Å². The molecule has 1 nitrogen and oxygen atoms in total. The maximum absolute atomic E-state index is 6.43. The maximum Gasteiger partial charge on any atom is 0.0582 e. The first-order valence-corrected chi connectivity index (χ1v) is 11.7. The average molecular weight is 434 g/mol. The predicted molar refractivity (Wildman–Crippen MR) is 135 cm³/mol. The third-order valence-corrected chi connectivity index (χ3v) is 8.27. The second kappa shape index (κ2) is 5.66. The molecule has 0 spiro atoms. The van der Waals surface area contributed by atoms with Gasteiger partial charge in [-0.1, -0.05) is 81.8 Å². The summed E-state index contributed by atoms with van der Waals surface area (Å²) in [6.07, 6.45) is 0. The molecule has 1 aromatic heterocycles. The van der Waals surface area contributed by atoms with Crippen LogP contribution in [0.4, 0.5) is 0 Å².